The zero-order valence-electron chi connectivity index (χ0n) is 16.7. The molecule has 30 heavy (non-hydrogen) atoms. The van der Waals surface area contributed by atoms with E-state index in [1.165, 1.54) is 0 Å². The molecular weight excluding hydrogens is 374 g/mol. The number of rotatable bonds is 5. The van der Waals surface area contributed by atoms with Gasteiger partial charge in [0.15, 0.2) is 5.65 Å². The Morgan fingerprint density at radius 1 is 0.800 bits per heavy atom. The Morgan fingerprint density at radius 3 is 2.30 bits per heavy atom. The maximum atomic E-state index is 4.76. The first-order chi connectivity index (χ1) is 14.7. The lowest BCUT2D eigenvalue weighted by molar-refractivity contribution is 0.777. The highest BCUT2D eigenvalue weighted by Crippen LogP contribution is 2.30. The average molecular weight is 395 g/mol. The van der Waals surface area contributed by atoms with Crippen LogP contribution in [0.4, 0.5) is 23.0 Å². The second kappa shape index (κ2) is 7.36. The number of nitrogens with one attached hydrogen (secondary N) is 2. The number of pyridine rings is 1. The zero-order valence-corrected chi connectivity index (χ0v) is 16.7. The van der Waals surface area contributed by atoms with Crippen molar-refractivity contribution in [2.75, 3.05) is 10.6 Å². The first-order valence-electron chi connectivity index (χ1n) is 9.69. The summed E-state index contributed by atoms with van der Waals surface area (Å²) in [5, 5.41) is 16.8. The van der Waals surface area contributed by atoms with Gasteiger partial charge in [-0.1, -0.05) is 48.5 Å². The van der Waals surface area contributed by atoms with E-state index >= 15 is 0 Å². The van der Waals surface area contributed by atoms with E-state index < -0.39 is 0 Å². The fourth-order valence-electron chi connectivity index (χ4n) is 3.42. The minimum Gasteiger partial charge on any atom is -0.355 e. The van der Waals surface area contributed by atoms with E-state index in [2.05, 4.69) is 20.8 Å². The minimum atomic E-state index is 0.715. The molecule has 3 heterocycles. The van der Waals surface area contributed by atoms with Crippen LogP contribution in [0, 0.1) is 0 Å². The highest BCUT2D eigenvalue weighted by Gasteiger charge is 2.13. The molecule has 0 fully saturated rings. The molecule has 7 nitrogen and oxygen atoms in total. The second-order valence-corrected chi connectivity index (χ2v) is 7.08. The summed E-state index contributed by atoms with van der Waals surface area (Å²) in [5.41, 5.74) is 4.72. The third-order valence-electron chi connectivity index (χ3n) is 4.96. The monoisotopic (exact) mass is 395 g/mol. The number of hydrogen-bond donors (Lipinski definition) is 2. The van der Waals surface area contributed by atoms with E-state index in [1.54, 1.807) is 4.68 Å². The van der Waals surface area contributed by atoms with E-state index in [0.717, 1.165) is 39.5 Å². The van der Waals surface area contributed by atoms with Gasteiger partial charge in [-0.3, -0.25) is 9.36 Å². The summed E-state index contributed by atoms with van der Waals surface area (Å²) in [6, 6.07) is 24.2. The molecule has 0 saturated carbocycles. The molecule has 5 rings (SSSR count). The fourth-order valence-corrected chi connectivity index (χ4v) is 3.42. The first kappa shape index (κ1) is 17.9. The number of aryl methyl sites for hydroxylation is 2. The molecule has 148 valence electrons. The summed E-state index contributed by atoms with van der Waals surface area (Å²) in [6.07, 6.45) is 1.83. The lowest BCUT2D eigenvalue weighted by Crippen LogP contribution is -2.03. The number of nitrogens with zero attached hydrogens (tertiary/aromatic N) is 5. The van der Waals surface area contributed by atoms with Crippen molar-refractivity contribution in [1.82, 2.24) is 24.5 Å². The van der Waals surface area contributed by atoms with Crippen LogP contribution in [0.3, 0.4) is 0 Å². The van der Waals surface area contributed by atoms with E-state index in [-0.39, 0.29) is 0 Å². The Balaban J connectivity index is 1.52. The molecular formula is C23H21N7. The Bertz CT molecular complexity index is 1300. The third kappa shape index (κ3) is 3.37. The van der Waals surface area contributed by atoms with Gasteiger partial charge in [-0.25, -0.2) is 4.98 Å². The molecule has 0 spiro atoms. The van der Waals surface area contributed by atoms with Gasteiger partial charge in [0.1, 0.15) is 11.6 Å². The van der Waals surface area contributed by atoms with Crippen LogP contribution in [0.5, 0.6) is 0 Å². The van der Waals surface area contributed by atoms with Crippen LogP contribution in [0.25, 0.3) is 22.3 Å². The number of para-hydroxylation sites is 1. The zero-order chi connectivity index (χ0) is 20.5. The van der Waals surface area contributed by atoms with Gasteiger partial charge in [0, 0.05) is 37.5 Å². The summed E-state index contributed by atoms with van der Waals surface area (Å²) in [7, 11) is 3.81. The van der Waals surface area contributed by atoms with E-state index in [9.17, 15) is 0 Å². The van der Waals surface area contributed by atoms with Crippen molar-refractivity contribution >= 4 is 34.0 Å². The van der Waals surface area contributed by atoms with Crippen molar-refractivity contribution in [2.24, 2.45) is 14.1 Å². The lowest BCUT2D eigenvalue weighted by Gasteiger charge is -2.11. The standard InChI is InChI=1S/C23H21N7/c1-29-22(14-19(28-29)16-9-5-3-6-10-16)26-21-13-20(25-17-11-7-4-8-12-17)18-15-24-30(2)23(18)27-21/h3-15H,1-2H3,(H2,25,26,27). The quantitative estimate of drug-likeness (QED) is 0.445. The maximum Gasteiger partial charge on any atom is 0.162 e. The summed E-state index contributed by atoms with van der Waals surface area (Å²) in [5.74, 6) is 1.57. The van der Waals surface area contributed by atoms with Crippen molar-refractivity contribution in [3.8, 4) is 11.3 Å². The SMILES string of the molecule is Cn1nc(-c2ccccc2)cc1Nc1cc(Nc2ccccc2)c2cnn(C)c2n1. The van der Waals surface area contributed by atoms with Gasteiger partial charge in [0.25, 0.3) is 0 Å². The number of benzene rings is 2. The molecule has 2 aromatic carbocycles. The predicted molar refractivity (Wildman–Crippen MR) is 120 cm³/mol. The normalized spacial score (nSPS) is 11.0. The molecule has 0 aliphatic rings. The van der Waals surface area contributed by atoms with Gasteiger partial charge in [0.2, 0.25) is 0 Å². The summed E-state index contributed by atoms with van der Waals surface area (Å²) < 4.78 is 3.59. The Hall–Kier alpha value is -4.13. The van der Waals surface area contributed by atoms with Crippen molar-refractivity contribution in [1.29, 1.82) is 0 Å². The maximum absolute atomic E-state index is 4.76. The van der Waals surface area contributed by atoms with Crippen molar-refractivity contribution < 1.29 is 0 Å². The largest absolute Gasteiger partial charge is 0.355 e. The lowest BCUT2D eigenvalue weighted by atomic mass is 10.1. The van der Waals surface area contributed by atoms with Gasteiger partial charge >= 0.3 is 0 Å². The highest BCUT2D eigenvalue weighted by atomic mass is 15.3. The number of fused-ring (bicyclic) bond motifs is 1. The minimum absolute atomic E-state index is 0.715. The van der Waals surface area contributed by atoms with Gasteiger partial charge in [-0.05, 0) is 12.1 Å². The third-order valence-corrected chi connectivity index (χ3v) is 4.96. The molecule has 0 aliphatic carbocycles. The number of aromatic nitrogens is 5. The first-order valence-corrected chi connectivity index (χ1v) is 9.69. The predicted octanol–water partition coefficient (Wildman–Crippen LogP) is 4.86. The topological polar surface area (TPSA) is 72.6 Å². The Morgan fingerprint density at radius 2 is 1.53 bits per heavy atom. The molecule has 0 unspecified atom stereocenters. The molecule has 0 amide bonds. The van der Waals surface area contributed by atoms with Crippen LogP contribution < -0.4 is 10.6 Å². The van der Waals surface area contributed by atoms with Crippen LogP contribution in [0.1, 0.15) is 0 Å². The van der Waals surface area contributed by atoms with E-state index in [4.69, 9.17) is 4.98 Å². The Kier molecular flexibility index (Phi) is 4.40. The molecule has 3 aromatic heterocycles. The molecule has 0 aliphatic heterocycles. The molecule has 7 heteroatoms. The van der Waals surface area contributed by atoms with Gasteiger partial charge in [-0.2, -0.15) is 10.2 Å². The van der Waals surface area contributed by atoms with Gasteiger partial charge in [-0.15, -0.1) is 0 Å². The smallest absolute Gasteiger partial charge is 0.162 e. The highest BCUT2D eigenvalue weighted by molar-refractivity contribution is 5.93. The molecule has 5 aromatic rings. The fraction of sp³-hybridized carbons (Fsp3) is 0.0870. The van der Waals surface area contributed by atoms with E-state index in [1.807, 2.05) is 97.8 Å². The summed E-state index contributed by atoms with van der Waals surface area (Å²) in [6.45, 7) is 0. The van der Waals surface area contributed by atoms with Gasteiger partial charge < -0.3 is 10.6 Å². The van der Waals surface area contributed by atoms with Crippen LogP contribution in [-0.4, -0.2) is 24.5 Å². The van der Waals surface area contributed by atoms with Crippen molar-refractivity contribution in [3.63, 3.8) is 0 Å². The summed E-state index contributed by atoms with van der Waals surface area (Å²) >= 11 is 0. The Labute approximate surface area is 174 Å². The van der Waals surface area contributed by atoms with Crippen molar-refractivity contribution in [2.45, 2.75) is 0 Å². The second-order valence-electron chi connectivity index (χ2n) is 7.08. The van der Waals surface area contributed by atoms with Gasteiger partial charge in [0.05, 0.1) is 23.0 Å². The summed E-state index contributed by atoms with van der Waals surface area (Å²) in [4.78, 5) is 4.76. The molecule has 2 N–H and O–H groups in total. The average Bonchev–Trinajstić information content (AvgIpc) is 3.33. The van der Waals surface area contributed by atoms with Crippen LogP contribution >= 0.6 is 0 Å². The molecule has 0 radical (unpaired) electrons. The molecule has 0 saturated heterocycles. The number of anilines is 4. The van der Waals surface area contributed by atoms with Crippen LogP contribution in [0.15, 0.2) is 79.0 Å². The van der Waals surface area contributed by atoms with Crippen molar-refractivity contribution in [3.05, 3.63) is 79.0 Å². The van der Waals surface area contributed by atoms with Crippen LogP contribution in [-0.2, 0) is 14.1 Å². The van der Waals surface area contributed by atoms with Crippen LogP contribution in [0.2, 0.25) is 0 Å². The number of hydrogen-bond acceptors (Lipinski definition) is 5. The van der Waals surface area contributed by atoms with E-state index in [0.29, 0.717) is 5.82 Å². The molecule has 0 bridgehead atoms. The molecule has 0 atom stereocenters.